The fourth-order valence-corrected chi connectivity index (χ4v) is 1.76. The van der Waals surface area contributed by atoms with Gasteiger partial charge in [0, 0.05) is 22.1 Å². The van der Waals surface area contributed by atoms with Crippen LogP contribution in [0.2, 0.25) is 0 Å². The molecule has 0 bridgehead atoms. The van der Waals surface area contributed by atoms with Crippen LogP contribution in [0.4, 0.5) is 5.13 Å². The summed E-state index contributed by atoms with van der Waals surface area (Å²) in [7, 11) is 0. The first-order valence-corrected chi connectivity index (χ1v) is 5.73. The van der Waals surface area contributed by atoms with E-state index in [0.717, 1.165) is 16.2 Å². The molecule has 0 radical (unpaired) electrons. The van der Waals surface area contributed by atoms with Gasteiger partial charge in [-0.2, -0.15) is 0 Å². The smallest absolute Gasteiger partial charge is 0.183 e. The summed E-state index contributed by atoms with van der Waals surface area (Å²) in [6.45, 7) is 8.81. The van der Waals surface area contributed by atoms with Crippen molar-refractivity contribution in [1.82, 2.24) is 4.98 Å². The minimum atomic E-state index is 0.556. The van der Waals surface area contributed by atoms with Crippen LogP contribution in [-0.2, 0) is 0 Å². The van der Waals surface area contributed by atoms with Crippen molar-refractivity contribution in [2.75, 3.05) is 11.9 Å². The molecule has 0 aliphatic rings. The summed E-state index contributed by atoms with van der Waals surface area (Å²) in [5, 5.41) is 4.14. The van der Waals surface area contributed by atoms with Crippen molar-refractivity contribution >= 4 is 32.4 Å². The van der Waals surface area contributed by atoms with Crippen LogP contribution in [0.1, 0.15) is 24.6 Å². The van der Waals surface area contributed by atoms with Crippen LogP contribution < -0.4 is 5.32 Å². The molecule has 0 fully saturated rings. The van der Waals surface area contributed by atoms with Gasteiger partial charge in [-0.15, -0.1) is 11.3 Å². The summed E-state index contributed by atoms with van der Waals surface area (Å²) in [5.74, 6) is 0.556. The zero-order valence-electron chi connectivity index (χ0n) is 7.80. The number of anilines is 1. The molecule has 0 saturated heterocycles. The Hall–Kier alpha value is -0.350. The Bertz CT molecular complexity index is 294. The average molecular weight is 261 g/mol. The Balaban J connectivity index is 2.54. The summed E-state index contributed by atoms with van der Waals surface area (Å²) >= 11 is 4.99. The standard InChI is InChI=1S/C9H13BrN2S/c1-6(2)8-5-12-9(13-8)11-4-7(3)10/h5-6H,3-4H2,1-2H3,(H,11,12). The fraction of sp³-hybridized carbons (Fsp3) is 0.444. The number of nitrogens with one attached hydrogen (secondary N) is 1. The molecular weight excluding hydrogens is 248 g/mol. The van der Waals surface area contributed by atoms with Crippen molar-refractivity contribution in [3.63, 3.8) is 0 Å². The molecule has 0 atom stereocenters. The van der Waals surface area contributed by atoms with E-state index in [4.69, 9.17) is 0 Å². The number of aromatic nitrogens is 1. The fourth-order valence-electron chi connectivity index (χ4n) is 0.807. The first kappa shape index (κ1) is 10.7. The van der Waals surface area contributed by atoms with Crippen molar-refractivity contribution in [2.24, 2.45) is 0 Å². The van der Waals surface area contributed by atoms with Crippen LogP contribution >= 0.6 is 27.3 Å². The molecule has 0 spiro atoms. The summed E-state index contributed by atoms with van der Waals surface area (Å²) < 4.78 is 0.939. The molecule has 4 heteroatoms. The molecule has 2 nitrogen and oxygen atoms in total. The normalized spacial score (nSPS) is 10.5. The van der Waals surface area contributed by atoms with Crippen molar-refractivity contribution in [2.45, 2.75) is 19.8 Å². The quantitative estimate of drug-likeness (QED) is 0.895. The zero-order chi connectivity index (χ0) is 9.84. The van der Waals surface area contributed by atoms with E-state index < -0.39 is 0 Å². The van der Waals surface area contributed by atoms with Gasteiger partial charge in [-0.05, 0) is 5.92 Å². The largest absolute Gasteiger partial charge is 0.357 e. The molecule has 1 aromatic heterocycles. The average Bonchev–Trinajstić information content (AvgIpc) is 2.48. The zero-order valence-corrected chi connectivity index (χ0v) is 10.2. The molecule has 0 aromatic carbocycles. The third-order valence-electron chi connectivity index (χ3n) is 1.52. The van der Waals surface area contributed by atoms with Crippen LogP contribution in [-0.4, -0.2) is 11.5 Å². The monoisotopic (exact) mass is 260 g/mol. The highest BCUT2D eigenvalue weighted by Crippen LogP contribution is 2.25. The van der Waals surface area contributed by atoms with Crippen molar-refractivity contribution in [1.29, 1.82) is 0 Å². The van der Waals surface area contributed by atoms with Gasteiger partial charge in [0.05, 0.1) is 0 Å². The summed E-state index contributed by atoms with van der Waals surface area (Å²) in [5.41, 5.74) is 0. The van der Waals surface area contributed by atoms with Crippen molar-refractivity contribution < 1.29 is 0 Å². The summed E-state index contributed by atoms with van der Waals surface area (Å²) in [6, 6.07) is 0. The van der Waals surface area contributed by atoms with Gasteiger partial charge >= 0.3 is 0 Å². The van der Waals surface area contributed by atoms with E-state index in [2.05, 4.69) is 46.7 Å². The maximum atomic E-state index is 4.25. The predicted octanol–water partition coefficient (Wildman–Crippen LogP) is 3.59. The number of thiazole rings is 1. The lowest BCUT2D eigenvalue weighted by molar-refractivity contribution is 0.885. The van der Waals surface area contributed by atoms with Crippen molar-refractivity contribution in [3.05, 3.63) is 22.1 Å². The molecule has 1 N–H and O–H groups in total. The minimum Gasteiger partial charge on any atom is -0.357 e. The molecule has 1 heterocycles. The number of hydrogen-bond acceptors (Lipinski definition) is 3. The second-order valence-corrected chi connectivity index (χ2v) is 5.28. The summed E-state index contributed by atoms with van der Waals surface area (Å²) in [6.07, 6.45) is 1.93. The topological polar surface area (TPSA) is 24.9 Å². The second kappa shape index (κ2) is 4.77. The second-order valence-electron chi connectivity index (χ2n) is 3.09. The third-order valence-corrected chi connectivity index (χ3v) is 3.06. The molecule has 1 rings (SSSR count). The number of hydrogen-bond donors (Lipinski definition) is 1. The maximum absolute atomic E-state index is 4.25. The maximum Gasteiger partial charge on any atom is 0.183 e. The Kier molecular flexibility index (Phi) is 3.93. The van der Waals surface area contributed by atoms with Gasteiger partial charge in [-0.25, -0.2) is 4.98 Å². The Morgan fingerprint density at radius 3 is 2.92 bits per heavy atom. The van der Waals surface area contributed by atoms with Gasteiger partial charge in [-0.1, -0.05) is 36.4 Å². The van der Waals surface area contributed by atoms with E-state index in [1.165, 1.54) is 4.88 Å². The number of halogens is 1. The van der Waals surface area contributed by atoms with Gasteiger partial charge in [0.25, 0.3) is 0 Å². The Labute approximate surface area is 91.2 Å². The van der Waals surface area contributed by atoms with E-state index in [0.29, 0.717) is 5.92 Å². The van der Waals surface area contributed by atoms with Crippen LogP contribution in [0.15, 0.2) is 17.3 Å². The molecule has 1 aromatic rings. The van der Waals surface area contributed by atoms with E-state index >= 15 is 0 Å². The van der Waals surface area contributed by atoms with Crippen molar-refractivity contribution in [3.8, 4) is 0 Å². The van der Waals surface area contributed by atoms with E-state index in [9.17, 15) is 0 Å². The van der Waals surface area contributed by atoms with Gasteiger partial charge in [0.15, 0.2) is 5.13 Å². The molecular formula is C9H13BrN2S. The highest BCUT2D eigenvalue weighted by molar-refractivity contribution is 9.11. The molecule has 0 saturated carbocycles. The Morgan fingerprint density at radius 2 is 2.46 bits per heavy atom. The lowest BCUT2D eigenvalue weighted by atomic mass is 10.2. The van der Waals surface area contributed by atoms with Crippen LogP contribution in [0.5, 0.6) is 0 Å². The van der Waals surface area contributed by atoms with E-state index in [1.54, 1.807) is 11.3 Å². The number of nitrogens with zero attached hydrogens (tertiary/aromatic N) is 1. The SMILES string of the molecule is C=C(Br)CNc1ncc(C(C)C)s1. The van der Waals surface area contributed by atoms with Gasteiger partial charge in [0.2, 0.25) is 0 Å². The molecule has 0 aliphatic carbocycles. The highest BCUT2D eigenvalue weighted by Gasteiger charge is 2.04. The molecule has 0 amide bonds. The molecule has 0 aliphatic heterocycles. The molecule has 72 valence electrons. The summed E-state index contributed by atoms with van der Waals surface area (Å²) in [4.78, 5) is 5.56. The van der Waals surface area contributed by atoms with E-state index in [1.807, 2.05) is 6.20 Å². The molecule has 0 unspecified atom stereocenters. The first-order chi connectivity index (χ1) is 6.09. The lowest BCUT2D eigenvalue weighted by Crippen LogP contribution is -1.99. The van der Waals surface area contributed by atoms with Gasteiger partial charge < -0.3 is 5.32 Å². The van der Waals surface area contributed by atoms with Gasteiger partial charge in [0.1, 0.15) is 0 Å². The highest BCUT2D eigenvalue weighted by atomic mass is 79.9. The van der Waals surface area contributed by atoms with Crippen LogP contribution in [0, 0.1) is 0 Å². The van der Waals surface area contributed by atoms with Crippen LogP contribution in [0.25, 0.3) is 0 Å². The Morgan fingerprint density at radius 1 is 1.77 bits per heavy atom. The van der Waals surface area contributed by atoms with Gasteiger partial charge in [-0.3, -0.25) is 0 Å². The minimum absolute atomic E-state index is 0.556. The number of rotatable bonds is 4. The lowest BCUT2D eigenvalue weighted by Gasteiger charge is -1.99. The molecule has 13 heavy (non-hydrogen) atoms. The first-order valence-electron chi connectivity index (χ1n) is 4.12. The predicted molar refractivity (Wildman–Crippen MR) is 62.8 cm³/mol. The van der Waals surface area contributed by atoms with Crippen LogP contribution in [0.3, 0.4) is 0 Å². The van der Waals surface area contributed by atoms with E-state index in [-0.39, 0.29) is 0 Å². The third kappa shape index (κ3) is 3.48.